The van der Waals surface area contributed by atoms with Crippen LogP contribution in [0.15, 0.2) is 28.7 Å². The van der Waals surface area contributed by atoms with Gasteiger partial charge in [0.2, 0.25) is 0 Å². The lowest BCUT2D eigenvalue weighted by Crippen LogP contribution is -2.24. The lowest BCUT2D eigenvalue weighted by Gasteiger charge is -2.23. The third-order valence-corrected chi connectivity index (χ3v) is 4.87. The summed E-state index contributed by atoms with van der Waals surface area (Å²) in [6, 6.07) is 6.15. The first-order valence-corrected chi connectivity index (χ1v) is 8.35. The maximum absolute atomic E-state index is 10.6. The van der Waals surface area contributed by atoms with Gasteiger partial charge in [0, 0.05) is 29.3 Å². The zero-order valence-corrected chi connectivity index (χ0v) is 14.0. The lowest BCUT2D eigenvalue weighted by molar-refractivity contribution is -0.131. The number of carboxylic acids is 1. The predicted molar refractivity (Wildman–Crippen MR) is 90.7 cm³/mol. The molecule has 114 valence electrons. The van der Waals surface area contributed by atoms with Gasteiger partial charge in [-0.1, -0.05) is 35.3 Å². The van der Waals surface area contributed by atoms with Crippen molar-refractivity contribution in [1.82, 2.24) is 0 Å². The summed E-state index contributed by atoms with van der Waals surface area (Å²) in [4.78, 5) is 13.0. The van der Waals surface area contributed by atoms with Crippen LogP contribution in [0.4, 0.5) is 5.69 Å². The van der Waals surface area contributed by atoms with Crippen LogP contribution in [0.2, 0.25) is 0 Å². The fraction of sp³-hybridized carbons (Fsp3) is 0.471. The highest BCUT2D eigenvalue weighted by Crippen LogP contribution is 2.28. The summed E-state index contributed by atoms with van der Waals surface area (Å²) in [5.41, 5.74) is 2.11. The van der Waals surface area contributed by atoms with Crippen LogP contribution in [-0.2, 0) is 4.79 Å². The quantitative estimate of drug-likeness (QED) is 0.808. The average Bonchev–Trinajstić information content (AvgIpc) is 2.71. The van der Waals surface area contributed by atoms with E-state index in [1.807, 2.05) is 6.07 Å². The fourth-order valence-electron chi connectivity index (χ4n) is 2.84. The van der Waals surface area contributed by atoms with Gasteiger partial charge in [0.15, 0.2) is 0 Å². The van der Waals surface area contributed by atoms with E-state index in [0.717, 1.165) is 35.1 Å². The Morgan fingerprint density at radius 3 is 2.90 bits per heavy atom. The third-order valence-electron chi connectivity index (χ3n) is 4.18. The Kier molecular flexibility index (Phi) is 5.85. The Hall–Kier alpha value is -1.29. The first-order valence-electron chi connectivity index (χ1n) is 7.55. The molecule has 1 aliphatic heterocycles. The van der Waals surface area contributed by atoms with Gasteiger partial charge < -0.3 is 10.0 Å². The number of carbonyl (C=O) groups is 1. The minimum atomic E-state index is -0.927. The van der Waals surface area contributed by atoms with E-state index < -0.39 is 5.97 Å². The minimum Gasteiger partial charge on any atom is -0.478 e. The van der Waals surface area contributed by atoms with Gasteiger partial charge in [-0.15, -0.1) is 0 Å². The van der Waals surface area contributed by atoms with Crippen molar-refractivity contribution in [2.24, 2.45) is 5.92 Å². The van der Waals surface area contributed by atoms with E-state index in [1.54, 1.807) is 6.08 Å². The SMILES string of the molecule is CCC1CCCN(c2ccc(/C=C/C(=O)O)c(Br)c2)CC1. The Morgan fingerprint density at radius 2 is 2.24 bits per heavy atom. The van der Waals surface area contributed by atoms with Crippen LogP contribution in [0.3, 0.4) is 0 Å². The largest absolute Gasteiger partial charge is 0.478 e. The maximum Gasteiger partial charge on any atom is 0.328 e. The highest BCUT2D eigenvalue weighted by Gasteiger charge is 2.16. The smallest absolute Gasteiger partial charge is 0.328 e. The van der Waals surface area contributed by atoms with Gasteiger partial charge in [0.1, 0.15) is 0 Å². The second-order valence-electron chi connectivity index (χ2n) is 5.57. The van der Waals surface area contributed by atoms with Gasteiger partial charge in [-0.25, -0.2) is 4.79 Å². The molecule has 0 aromatic heterocycles. The molecule has 1 atom stereocenters. The fourth-order valence-corrected chi connectivity index (χ4v) is 3.34. The van der Waals surface area contributed by atoms with Gasteiger partial charge in [-0.3, -0.25) is 0 Å². The number of hydrogen-bond acceptors (Lipinski definition) is 2. The van der Waals surface area contributed by atoms with Crippen LogP contribution in [0, 0.1) is 5.92 Å². The van der Waals surface area contributed by atoms with E-state index in [9.17, 15) is 4.79 Å². The number of hydrogen-bond donors (Lipinski definition) is 1. The number of aliphatic carboxylic acids is 1. The van der Waals surface area contributed by atoms with Crippen LogP contribution < -0.4 is 4.90 Å². The summed E-state index contributed by atoms with van der Waals surface area (Å²) in [5, 5.41) is 8.69. The number of halogens is 1. The van der Waals surface area contributed by atoms with E-state index in [2.05, 4.69) is 39.9 Å². The number of carboxylic acid groups (broad SMARTS) is 1. The second-order valence-corrected chi connectivity index (χ2v) is 6.42. The van der Waals surface area contributed by atoms with Gasteiger partial charge in [0.25, 0.3) is 0 Å². The van der Waals surface area contributed by atoms with E-state index in [1.165, 1.54) is 31.4 Å². The molecular formula is C17H22BrNO2. The monoisotopic (exact) mass is 351 g/mol. The first kappa shape index (κ1) is 16.1. The molecule has 1 N–H and O–H groups in total. The van der Waals surface area contributed by atoms with Gasteiger partial charge in [-0.05, 0) is 49.0 Å². The van der Waals surface area contributed by atoms with Crippen molar-refractivity contribution in [3.63, 3.8) is 0 Å². The molecule has 0 amide bonds. The summed E-state index contributed by atoms with van der Waals surface area (Å²) in [5.74, 6) is -0.0692. The third kappa shape index (κ3) is 4.60. The van der Waals surface area contributed by atoms with Crippen molar-refractivity contribution < 1.29 is 9.90 Å². The average molecular weight is 352 g/mol. The number of nitrogens with zero attached hydrogens (tertiary/aromatic N) is 1. The molecule has 1 aliphatic rings. The molecule has 1 aromatic carbocycles. The van der Waals surface area contributed by atoms with E-state index in [-0.39, 0.29) is 0 Å². The summed E-state index contributed by atoms with van der Waals surface area (Å²) in [7, 11) is 0. The van der Waals surface area contributed by atoms with Crippen LogP contribution in [0.5, 0.6) is 0 Å². The van der Waals surface area contributed by atoms with Gasteiger partial charge in [0.05, 0.1) is 0 Å². The standard InChI is InChI=1S/C17H22BrNO2/c1-2-13-4-3-10-19(11-9-13)15-7-5-14(16(18)12-15)6-8-17(20)21/h5-8,12-13H,2-4,9-11H2,1H3,(H,20,21)/b8-6+. The Morgan fingerprint density at radius 1 is 1.43 bits per heavy atom. The minimum absolute atomic E-state index is 0.858. The molecular weight excluding hydrogens is 330 g/mol. The molecule has 0 saturated carbocycles. The molecule has 4 heteroatoms. The Bertz CT molecular complexity index is 528. The molecule has 3 nitrogen and oxygen atoms in total. The van der Waals surface area contributed by atoms with Crippen molar-refractivity contribution in [3.05, 3.63) is 34.3 Å². The van der Waals surface area contributed by atoms with Gasteiger partial charge in [-0.2, -0.15) is 0 Å². The van der Waals surface area contributed by atoms with Crippen LogP contribution in [-0.4, -0.2) is 24.2 Å². The Balaban J connectivity index is 2.10. The Labute approximate surface area is 134 Å². The summed E-state index contributed by atoms with van der Waals surface area (Å²) in [6.45, 7) is 4.49. The molecule has 0 bridgehead atoms. The molecule has 0 spiro atoms. The van der Waals surface area contributed by atoms with Crippen molar-refractivity contribution in [3.8, 4) is 0 Å². The summed E-state index contributed by atoms with van der Waals surface area (Å²) >= 11 is 3.54. The topological polar surface area (TPSA) is 40.5 Å². The van der Waals surface area contributed by atoms with Crippen molar-refractivity contribution in [2.45, 2.75) is 32.6 Å². The van der Waals surface area contributed by atoms with Crippen LogP contribution in [0.1, 0.15) is 38.2 Å². The van der Waals surface area contributed by atoms with E-state index in [0.29, 0.717) is 0 Å². The van der Waals surface area contributed by atoms with E-state index >= 15 is 0 Å². The zero-order valence-electron chi connectivity index (χ0n) is 12.4. The summed E-state index contributed by atoms with van der Waals surface area (Å²) in [6.07, 6.45) is 7.89. The summed E-state index contributed by atoms with van der Waals surface area (Å²) < 4.78 is 0.939. The molecule has 1 saturated heterocycles. The molecule has 1 heterocycles. The second kappa shape index (κ2) is 7.64. The van der Waals surface area contributed by atoms with Crippen LogP contribution in [0.25, 0.3) is 6.08 Å². The number of benzene rings is 1. The molecule has 1 fully saturated rings. The molecule has 0 radical (unpaired) electrons. The first-order chi connectivity index (χ1) is 10.1. The normalized spacial score (nSPS) is 19.7. The highest BCUT2D eigenvalue weighted by molar-refractivity contribution is 9.10. The van der Waals surface area contributed by atoms with Gasteiger partial charge >= 0.3 is 5.97 Å². The lowest BCUT2D eigenvalue weighted by atomic mass is 9.98. The molecule has 1 aromatic rings. The number of rotatable bonds is 4. The highest BCUT2D eigenvalue weighted by atomic mass is 79.9. The molecule has 0 aliphatic carbocycles. The molecule has 2 rings (SSSR count). The molecule has 1 unspecified atom stereocenters. The van der Waals surface area contributed by atoms with Crippen molar-refractivity contribution in [1.29, 1.82) is 0 Å². The van der Waals surface area contributed by atoms with E-state index in [4.69, 9.17) is 5.11 Å². The zero-order chi connectivity index (χ0) is 15.2. The van der Waals surface area contributed by atoms with Crippen LogP contribution >= 0.6 is 15.9 Å². The predicted octanol–water partition coefficient (Wildman–Crippen LogP) is 4.56. The van der Waals surface area contributed by atoms with Crippen molar-refractivity contribution in [2.75, 3.05) is 18.0 Å². The van der Waals surface area contributed by atoms with Crippen molar-refractivity contribution >= 4 is 33.7 Å². The molecule has 21 heavy (non-hydrogen) atoms. The maximum atomic E-state index is 10.6. The number of anilines is 1.